The first-order valence-electron chi connectivity index (χ1n) is 8.38. The summed E-state index contributed by atoms with van der Waals surface area (Å²) in [6.45, 7) is 6.04. The van der Waals surface area contributed by atoms with E-state index in [1.165, 1.54) is 37.1 Å². The van der Waals surface area contributed by atoms with E-state index in [4.69, 9.17) is 21.1 Å². The number of rotatable bonds is 8. The van der Waals surface area contributed by atoms with Crippen molar-refractivity contribution in [1.29, 1.82) is 0 Å². The van der Waals surface area contributed by atoms with Gasteiger partial charge in [-0.2, -0.15) is 4.72 Å². The topological polar surface area (TPSA) is 98.2 Å². The molecule has 0 radical (unpaired) electrons. The van der Waals surface area contributed by atoms with Gasteiger partial charge in [-0.25, -0.2) is 8.42 Å². The molecule has 0 aromatic heterocycles. The summed E-state index contributed by atoms with van der Waals surface area (Å²) < 4.78 is 37.5. The number of quaternary nitrogens is 1. The molecular weight excluding hydrogens is 382 g/mol. The van der Waals surface area contributed by atoms with Crippen LogP contribution in [0.4, 0.5) is 0 Å². The van der Waals surface area contributed by atoms with Crippen LogP contribution in [0.25, 0.3) is 0 Å². The van der Waals surface area contributed by atoms with Gasteiger partial charge in [0.2, 0.25) is 15.9 Å². The van der Waals surface area contributed by atoms with Gasteiger partial charge in [-0.3, -0.25) is 4.79 Å². The van der Waals surface area contributed by atoms with Crippen LogP contribution in [0.5, 0.6) is 5.75 Å². The van der Waals surface area contributed by atoms with Crippen LogP contribution >= 0.6 is 11.6 Å². The third-order valence-corrected chi connectivity index (χ3v) is 5.97. The highest BCUT2D eigenvalue weighted by Gasteiger charge is 2.23. The monoisotopic (exact) mass is 406 g/mol. The van der Waals surface area contributed by atoms with E-state index < -0.39 is 16.1 Å². The van der Waals surface area contributed by atoms with E-state index in [2.05, 4.69) is 10.0 Å². The quantitative estimate of drug-likeness (QED) is 0.517. The third-order valence-electron chi connectivity index (χ3n) is 4.14. The lowest BCUT2D eigenvalue weighted by molar-refractivity contribution is -0.906. The fraction of sp³-hybridized carbons (Fsp3) is 0.562. The van der Waals surface area contributed by atoms with Gasteiger partial charge in [0, 0.05) is 0 Å². The lowest BCUT2D eigenvalue weighted by Crippen LogP contribution is -3.14. The van der Waals surface area contributed by atoms with Crippen molar-refractivity contribution in [1.82, 2.24) is 10.0 Å². The highest BCUT2D eigenvalue weighted by atomic mass is 35.5. The van der Waals surface area contributed by atoms with Crippen LogP contribution in [0.1, 0.15) is 6.92 Å². The van der Waals surface area contributed by atoms with Crippen molar-refractivity contribution < 1.29 is 27.6 Å². The molecule has 0 aliphatic carbocycles. The Balaban J connectivity index is 1.87. The number of carbonyl (C=O) groups excluding carboxylic acids is 1. The smallest absolute Gasteiger partial charge is 0.241 e. The largest absolute Gasteiger partial charge is 0.495 e. The fourth-order valence-electron chi connectivity index (χ4n) is 2.59. The van der Waals surface area contributed by atoms with Gasteiger partial charge >= 0.3 is 0 Å². The van der Waals surface area contributed by atoms with Gasteiger partial charge in [-0.05, 0) is 25.1 Å². The van der Waals surface area contributed by atoms with Crippen molar-refractivity contribution in [2.45, 2.75) is 17.9 Å². The Morgan fingerprint density at radius 2 is 2.08 bits per heavy atom. The Kier molecular flexibility index (Phi) is 7.66. The summed E-state index contributed by atoms with van der Waals surface area (Å²) in [7, 11) is -2.43. The molecule has 0 saturated carbocycles. The van der Waals surface area contributed by atoms with E-state index in [0.29, 0.717) is 12.3 Å². The maximum absolute atomic E-state index is 12.4. The standard InChI is InChI=1S/C16H24ClN3O5S/c1-12(16(21)18-5-6-20-7-9-25-10-8-20)19-26(22,23)13-3-4-15(24-2)14(17)11-13/h3-4,11-12,19H,5-10H2,1-2H3,(H,18,21)/p+1/t12-/m0/s1. The molecule has 3 N–H and O–H groups in total. The number of methoxy groups -OCH3 is 1. The van der Waals surface area contributed by atoms with Gasteiger partial charge in [0.15, 0.2) is 0 Å². The zero-order valence-electron chi connectivity index (χ0n) is 14.9. The average molecular weight is 407 g/mol. The minimum Gasteiger partial charge on any atom is -0.495 e. The maximum atomic E-state index is 12.4. The molecule has 1 aliphatic heterocycles. The molecule has 1 aliphatic rings. The Hall–Kier alpha value is -1.39. The predicted octanol–water partition coefficient (Wildman–Crippen LogP) is -0.953. The minimum atomic E-state index is -3.87. The van der Waals surface area contributed by atoms with Crippen LogP contribution in [0, 0.1) is 0 Å². The normalized spacial score (nSPS) is 16.9. The molecule has 2 rings (SSSR count). The number of hydrogen-bond donors (Lipinski definition) is 3. The van der Waals surface area contributed by atoms with E-state index in [1.807, 2.05) is 0 Å². The van der Waals surface area contributed by atoms with Gasteiger partial charge in [0.25, 0.3) is 0 Å². The van der Waals surface area contributed by atoms with E-state index in [1.54, 1.807) is 0 Å². The third kappa shape index (κ3) is 5.82. The predicted molar refractivity (Wildman–Crippen MR) is 97.2 cm³/mol. The van der Waals surface area contributed by atoms with Gasteiger partial charge in [0.1, 0.15) is 18.8 Å². The number of nitrogens with one attached hydrogen (secondary N) is 3. The molecule has 1 amide bonds. The summed E-state index contributed by atoms with van der Waals surface area (Å²) in [6, 6.07) is 3.22. The molecule has 1 aromatic rings. The maximum Gasteiger partial charge on any atom is 0.241 e. The number of ether oxygens (including phenoxy) is 2. The molecule has 10 heteroatoms. The van der Waals surface area contributed by atoms with E-state index in [9.17, 15) is 13.2 Å². The molecule has 0 bridgehead atoms. The zero-order chi connectivity index (χ0) is 19.2. The fourth-order valence-corrected chi connectivity index (χ4v) is 4.15. The van der Waals surface area contributed by atoms with Crippen molar-refractivity contribution in [3.63, 3.8) is 0 Å². The number of benzene rings is 1. The second kappa shape index (κ2) is 9.52. The van der Waals surface area contributed by atoms with Crippen LogP contribution in [0.2, 0.25) is 5.02 Å². The Morgan fingerprint density at radius 1 is 1.38 bits per heavy atom. The number of hydrogen-bond acceptors (Lipinski definition) is 5. The summed E-state index contributed by atoms with van der Waals surface area (Å²) in [5, 5.41) is 2.94. The van der Waals surface area contributed by atoms with Crippen LogP contribution in [-0.2, 0) is 19.6 Å². The Bertz CT molecular complexity index is 723. The molecule has 26 heavy (non-hydrogen) atoms. The molecule has 1 heterocycles. The second-order valence-electron chi connectivity index (χ2n) is 6.04. The number of sulfonamides is 1. The molecule has 1 fully saturated rings. The molecule has 1 aromatic carbocycles. The SMILES string of the molecule is COc1ccc(S(=O)(=O)N[C@@H](C)C(=O)NCC[NH+]2CCOCC2)cc1Cl. The summed E-state index contributed by atoms with van der Waals surface area (Å²) in [6.07, 6.45) is 0. The second-order valence-corrected chi connectivity index (χ2v) is 8.16. The van der Waals surface area contributed by atoms with Crippen LogP contribution in [0.3, 0.4) is 0 Å². The van der Waals surface area contributed by atoms with Crippen molar-refractivity contribution in [3.8, 4) is 5.75 Å². The van der Waals surface area contributed by atoms with Gasteiger partial charge < -0.3 is 19.7 Å². The van der Waals surface area contributed by atoms with Crippen LogP contribution in [-0.4, -0.2) is 66.9 Å². The van der Waals surface area contributed by atoms with E-state index >= 15 is 0 Å². The summed E-state index contributed by atoms with van der Waals surface area (Å²) in [4.78, 5) is 13.5. The Labute approximate surface area is 158 Å². The Morgan fingerprint density at radius 3 is 2.69 bits per heavy atom. The van der Waals surface area contributed by atoms with Crippen LogP contribution < -0.4 is 19.7 Å². The average Bonchev–Trinajstić information content (AvgIpc) is 2.62. The van der Waals surface area contributed by atoms with Crippen molar-refractivity contribution >= 4 is 27.5 Å². The van der Waals surface area contributed by atoms with Crippen molar-refractivity contribution in [2.24, 2.45) is 0 Å². The number of morpholine rings is 1. The van der Waals surface area contributed by atoms with Crippen molar-refractivity contribution in [3.05, 3.63) is 23.2 Å². The van der Waals surface area contributed by atoms with Gasteiger partial charge in [0.05, 0.1) is 49.4 Å². The van der Waals surface area contributed by atoms with Gasteiger partial charge in [-0.1, -0.05) is 11.6 Å². The highest BCUT2D eigenvalue weighted by Crippen LogP contribution is 2.26. The van der Waals surface area contributed by atoms with Crippen molar-refractivity contribution in [2.75, 3.05) is 46.5 Å². The van der Waals surface area contributed by atoms with E-state index in [0.717, 1.165) is 32.8 Å². The first kappa shape index (κ1) is 20.9. The van der Waals surface area contributed by atoms with Gasteiger partial charge in [-0.15, -0.1) is 0 Å². The first-order valence-corrected chi connectivity index (χ1v) is 10.2. The molecule has 0 unspecified atom stereocenters. The molecule has 1 atom stereocenters. The lowest BCUT2D eigenvalue weighted by Gasteiger charge is -2.24. The van der Waals surface area contributed by atoms with E-state index in [-0.39, 0.29) is 15.8 Å². The van der Waals surface area contributed by atoms with Crippen LogP contribution in [0.15, 0.2) is 23.1 Å². The first-order chi connectivity index (χ1) is 12.3. The minimum absolute atomic E-state index is 0.0271. The molecule has 8 nitrogen and oxygen atoms in total. The molecule has 1 saturated heterocycles. The highest BCUT2D eigenvalue weighted by molar-refractivity contribution is 7.89. The summed E-state index contributed by atoms with van der Waals surface area (Å²) in [5.41, 5.74) is 0. The number of amides is 1. The zero-order valence-corrected chi connectivity index (χ0v) is 16.5. The molecule has 0 spiro atoms. The summed E-state index contributed by atoms with van der Waals surface area (Å²) >= 11 is 5.97. The lowest BCUT2D eigenvalue weighted by atomic mass is 10.3. The number of halogens is 1. The number of carbonyl (C=O) groups is 1. The molecule has 146 valence electrons. The molecular formula is C16H25ClN3O5S+. The summed E-state index contributed by atoms with van der Waals surface area (Å²) in [5.74, 6) is 0.00265.